The Kier molecular flexibility index (Phi) is 4.48. The molecule has 0 amide bonds. The van der Waals surface area contributed by atoms with Gasteiger partial charge in [0.15, 0.2) is 5.75 Å². The fourth-order valence-corrected chi connectivity index (χ4v) is 4.60. The van der Waals surface area contributed by atoms with E-state index in [-0.39, 0.29) is 22.2 Å². The predicted molar refractivity (Wildman–Crippen MR) is 99.6 cm³/mol. The van der Waals surface area contributed by atoms with E-state index in [1.165, 1.54) is 6.20 Å². The van der Waals surface area contributed by atoms with Crippen LogP contribution in [0.4, 0.5) is 14.9 Å². The lowest BCUT2D eigenvalue weighted by molar-refractivity contribution is 0.143. The molecule has 0 bridgehead atoms. The van der Waals surface area contributed by atoms with Gasteiger partial charge in [0.25, 0.3) is 0 Å². The second-order valence-electron chi connectivity index (χ2n) is 6.35. The third-order valence-corrected chi connectivity index (χ3v) is 5.92. The lowest BCUT2D eigenvalue weighted by Crippen LogP contribution is -2.33. The predicted octanol–water partition coefficient (Wildman–Crippen LogP) is 3.74. The first-order valence-corrected chi connectivity index (χ1v) is 9.81. The molecule has 1 aliphatic heterocycles. The monoisotopic (exact) mass is 398 g/mol. The van der Waals surface area contributed by atoms with Crippen molar-refractivity contribution in [3.05, 3.63) is 33.3 Å². The van der Waals surface area contributed by atoms with Crippen LogP contribution in [0.25, 0.3) is 10.9 Å². The van der Waals surface area contributed by atoms with E-state index < -0.39 is 17.4 Å². The molecule has 2 heterocycles. The van der Waals surface area contributed by atoms with Crippen LogP contribution in [-0.4, -0.2) is 40.4 Å². The third-order valence-electron chi connectivity index (χ3n) is 4.62. The van der Waals surface area contributed by atoms with E-state index in [1.807, 2.05) is 4.90 Å². The number of nitrogens with zero attached hydrogens (tertiary/aromatic N) is 2. The van der Waals surface area contributed by atoms with Gasteiger partial charge in [0.1, 0.15) is 5.82 Å². The standard InChI is InChI=1S/C17H16ClFN2O4S/c18-13-14-10(7-11(19)15(13)20-3-5-26-6-4-20)16(22)12(25-17(23)24)8-21(14)9-1-2-9/h7-9H,1-6H2,(H,23,24). The number of ether oxygens (including phenoxy) is 1. The average Bonchev–Trinajstić information content (AvgIpc) is 3.43. The number of aromatic nitrogens is 1. The summed E-state index contributed by atoms with van der Waals surface area (Å²) in [5.41, 5.74) is 0.0625. The minimum atomic E-state index is -1.59. The van der Waals surface area contributed by atoms with E-state index in [9.17, 15) is 14.0 Å². The van der Waals surface area contributed by atoms with Gasteiger partial charge in [-0.15, -0.1) is 0 Å². The van der Waals surface area contributed by atoms with Crippen molar-refractivity contribution in [1.82, 2.24) is 4.57 Å². The van der Waals surface area contributed by atoms with Crippen LogP contribution in [-0.2, 0) is 0 Å². The Morgan fingerprint density at radius 3 is 2.65 bits per heavy atom. The summed E-state index contributed by atoms with van der Waals surface area (Å²) in [5, 5.41) is 9.08. The molecule has 9 heteroatoms. The molecule has 2 aromatic rings. The van der Waals surface area contributed by atoms with Gasteiger partial charge in [-0.1, -0.05) is 11.6 Å². The second kappa shape index (κ2) is 6.66. The molecule has 1 N–H and O–H groups in total. The Morgan fingerprint density at radius 2 is 2.04 bits per heavy atom. The number of thioether (sulfide) groups is 1. The van der Waals surface area contributed by atoms with E-state index in [2.05, 4.69) is 4.74 Å². The van der Waals surface area contributed by atoms with Crippen LogP contribution in [0.3, 0.4) is 0 Å². The second-order valence-corrected chi connectivity index (χ2v) is 7.95. The van der Waals surface area contributed by atoms with Crippen LogP contribution < -0.4 is 15.1 Å². The first-order valence-electron chi connectivity index (χ1n) is 8.27. The molecular weight excluding hydrogens is 383 g/mol. The van der Waals surface area contributed by atoms with E-state index >= 15 is 0 Å². The maximum Gasteiger partial charge on any atom is 0.511 e. The number of anilines is 1. The molecule has 1 aromatic heterocycles. The molecule has 1 saturated carbocycles. The van der Waals surface area contributed by atoms with Gasteiger partial charge in [0.2, 0.25) is 5.43 Å². The van der Waals surface area contributed by atoms with Crippen molar-refractivity contribution >= 4 is 46.1 Å². The molecule has 1 aliphatic carbocycles. The highest BCUT2D eigenvalue weighted by molar-refractivity contribution is 7.99. The Bertz CT molecular complexity index is 954. The molecule has 1 saturated heterocycles. The van der Waals surface area contributed by atoms with E-state index in [0.29, 0.717) is 24.3 Å². The molecule has 0 spiro atoms. The summed E-state index contributed by atoms with van der Waals surface area (Å²) in [5.74, 6) is 0.847. The zero-order chi connectivity index (χ0) is 18.4. The van der Waals surface area contributed by atoms with Gasteiger partial charge in [-0.25, -0.2) is 9.18 Å². The Labute approximate surface area is 157 Å². The lowest BCUT2D eigenvalue weighted by atomic mass is 10.1. The van der Waals surface area contributed by atoms with Gasteiger partial charge in [-0.3, -0.25) is 4.79 Å². The van der Waals surface area contributed by atoms with E-state index in [4.69, 9.17) is 16.7 Å². The lowest BCUT2D eigenvalue weighted by Gasteiger charge is -2.30. The minimum absolute atomic E-state index is 0.0354. The van der Waals surface area contributed by atoms with Crippen LogP contribution in [0.2, 0.25) is 5.02 Å². The topological polar surface area (TPSA) is 71.8 Å². The quantitative estimate of drug-likeness (QED) is 0.794. The molecule has 0 radical (unpaired) electrons. The van der Waals surface area contributed by atoms with Crippen molar-refractivity contribution in [2.24, 2.45) is 0 Å². The van der Waals surface area contributed by atoms with Gasteiger partial charge >= 0.3 is 6.16 Å². The fraction of sp³-hybridized carbons (Fsp3) is 0.412. The van der Waals surface area contributed by atoms with Crippen LogP contribution in [0, 0.1) is 5.82 Å². The SMILES string of the molecule is O=C(O)Oc1cn(C2CC2)c2c(Cl)c(N3CCSCC3)c(F)cc2c1=O. The molecular formula is C17H16ClFN2O4S. The highest BCUT2D eigenvalue weighted by Gasteiger charge is 2.30. The number of hydrogen-bond acceptors (Lipinski definition) is 5. The van der Waals surface area contributed by atoms with Crippen molar-refractivity contribution in [3.8, 4) is 5.75 Å². The number of rotatable bonds is 3. The summed E-state index contributed by atoms with van der Waals surface area (Å²) in [4.78, 5) is 25.4. The summed E-state index contributed by atoms with van der Waals surface area (Å²) >= 11 is 8.38. The third kappa shape index (κ3) is 3.01. The molecule has 1 aromatic carbocycles. The molecule has 6 nitrogen and oxygen atoms in total. The molecule has 2 fully saturated rings. The van der Waals surface area contributed by atoms with Crippen molar-refractivity contribution in [3.63, 3.8) is 0 Å². The number of pyridine rings is 1. The van der Waals surface area contributed by atoms with Gasteiger partial charge in [0, 0.05) is 30.6 Å². The van der Waals surface area contributed by atoms with Crippen molar-refractivity contribution in [1.29, 1.82) is 0 Å². The van der Waals surface area contributed by atoms with Crippen LogP contribution in [0.5, 0.6) is 5.75 Å². The number of fused-ring (bicyclic) bond motifs is 1. The molecule has 2 aliphatic rings. The maximum absolute atomic E-state index is 14.8. The first kappa shape index (κ1) is 17.5. The highest BCUT2D eigenvalue weighted by atomic mass is 35.5. The van der Waals surface area contributed by atoms with Gasteiger partial charge in [0.05, 0.1) is 27.8 Å². The summed E-state index contributed by atoms with van der Waals surface area (Å²) < 4.78 is 21.2. The average molecular weight is 399 g/mol. The van der Waals surface area contributed by atoms with Gasteiger partial charge in [-0.2, -0.15) is 11.8 Å². The van der Waals surface area contributed by atoms with Crippen LogP contribution in [0.15, 0.2) is 17.1 Å². The number of halogens is 2. The van der Waals surface area contributed by atoms with Crippen LogP contribution in [0.1, 0.15) is 18.9 Å². The number of carboxylic acid groups (broad SMARTS) is 1. The highest BCUT2D eigenvalue weighted by Crippen LogP contribution is 2.43. The summed E-state index contributed by atoms with van der Waals surface area (Å²) in [6, 6.07) is 1.25. The molecule has 0 unspecified atom stereocenters. The normalized spacial score (nSPS) is 17.5. The maximum atomic E-state index is 14.8. The summed E-state index contributed by atoms with van der Waals surface area (Å²) in [7, 11) is 0. The smallest absolute Gasteiger partial charge is 0.449 e. The Morgan fingerprint density at radius 1 is 1.35 bits per heavy atom. The summed E-state index contributed by atoms with van der Waals surface area (Å²) in [6.45, 7) is 1.36. The molecule has 26 heavy (non-hydrogen) atoms. The fourth-order valence-electron chi connectivity index (χ4n) is 3.29. The van der Waals surface area contributed by atoms with Crippen LogP contribution >= 0.6 is 23.4 Å². The molecule has 4 rings (SSSR count). The Hall–Kier alpha value is -1.93. The number of carbonyl (C=O) groups is 1. The van der Waals surface area contributed by atoms with E-state index in [0.717, 1.165) is 30.4 Å². The van der Waals surface area contributed by atoms with Crippen molar-refractivity contribution < 1.29 is 19.0 Å². The first-order chi connectivity index (χ1) is 12.5. The van der Waals surface area contributed by atoms with E-state index in [1.54, 1.807) is 16.3 Å². The summed E-state index contributed by atoms with van der Waals surface area (Å²) in [6.07, 6.45) is 1.55. The van der Waals surface area contributed by atoms with Crippen molar-refractivity contribution in [2.75, 3.05) is 29.5 Å². The molecule has 138 valence electrons. The zero-order valence-corrected chi connectivity index (χ0v) is 15.3. The largest absolute Gasteiger partial charge is 0.511 e. The van der Waals surface area contributed by atoms with Gasteiger partial charge < -0.3 is 19.3 Å². The Balaban J connectivity index is 1.97. The zero-order valence-electron chi connectivity index (χ0n) is 13.7. The van der Waals surface area contributed by atoms with Crippen molar-refractivity contribution in [2.45, 2.75) is 18.9 Å². The number of hydrogen-bond donors (Lipinski definition) is 1. The van der Waals surface area contributed by atoms with Gasteiger partial charge in [-0.05, 0) is 18.9 Å². The minimum Gasteiger partial charge on any atom is -0.449 e. The number of benzene rings is 1. The molecule has 0 atom stereocenters.